The van der Waals surface area contributed by atoms with Gasteiger partial charge in [0.15, 0.2) is 5.60 Å². The largest absolute Gasteiger partial charge is 2.00 e. The van der Waals surface area contributed by atoms with Crippen molar-refractivity contribution in [2.24, 2.45) is 0 Å². The average Bonchev–Trinajstić information content (AvgIpc) is 1.82. The van der Waals surface area contributed by atoms with Gasteiger partial charge in [-0.05, 0) is 0 Å². The van der Waals surface area contributed by atoms with Crippen molar-refractivity contribution in [2.45, 2.75) is 18.4 Å². The van der Waals surface area contributed by atoms with Gasteiger partial charge in [0.05, 0.1) is 12.8 Å². The van der Waals surface area contributed by atoms with Gasteiger partial charge >= 0.3 is 37.4 Å². The van der Waals surface area contributed by atoms with E-state index >= 15 is 0 Å². The molecule has 7 nitrogen and oxygen atoms in total. The molecular weight excluding hydrogens is 320 g/mol. The van der Waals surface area contributed by atoms with Crippen LogP contribution in [0.25, 0.3) is 0 Å². The minimum absolute atomic E-state index is 0. The molecule has 0 saturated carbocycles. The Labute approximate surface area is 115 Å². The first-order chi connectivity index (χ1) is 5.78. The van der Waals surface area contributed by atoms with Crippen LogP contribution >= 0.6 is 0 Å². The zero-order valence-electron chi connectivity index (χ0n) is 7.89. The van der Waals surface area contributed by atoms with Crippen LogP contribution < -0.4 is 24.8 Å². The Hall–Kier alpha value is -0.427. The van der Waals surface area contributed by atoms with Crippen molar-refractivity contribution in [3.05, 3.63) is 0 Å². The summed E-state index contributed by atoms with van der Waals surface area (Å²) in [6, 6.07) is 0. The van der Waals surface area contributed by atoms with Crippen LogP contribution in [-0.4, -0.2) is 43.9 Å². The first kappa shape index (κ1) is 24.7. The summed E-state index contributed by atoms with van der Waals surface area (Å²) < 4.78 is 0. The topological polar surface area (TPSA) is 132 Å². The van der Waals surface area contributed by atoms with E-state index in [1.165, 1.54) is 0 Å². The Morgan fingerprint density at radius 3 is 1.25 bits per heavy atom. The Morgan fingerprint density at radius 1 is 0.875 bits per heavy atom. The van der Waals surface area contributed by atoms with Crippen molar-refractivity contribution in [1.82, 2.24) is 0 Å². The monoisotopic (exact) mass is 326 g/mol. The zero-order valence-corrected chi connectivity index (χ0v) is 12.4. The van der Waals surface area contributed by atoms with Crippen LogP contribution in [0.15, 0.2) is 0 Å². The molecule has 0 aromatic carbocycles. The standard InChI is InChI=1S/C6H8O7.2ClH.Zn/c7-3(8)1-6(13,5(11)12)2-4(9)10;;;/h13H,1-2H2,(H,7,8)(H,9,10)(H,11,12);2*1H;/q;;;+2/p-2. The van der Waals surface area contributed by atoms with Gasteiger partial charge in [0.2, 0.25) is 0 Å². The van der Waals surface area contributed by atoms with Crippen LogP contribution in [0.4, 0.5) is 0 Å². The number of hydrogen-bond donors (Lipinski definition) is 4. The SMILES string of the molecule is O=C(O)CC(O)(CC(=O)O)C(=O)O.[Cl-].[Cl-].[Zn+2]. The van der Waals surface area contributed by atoms with E-state index in [1.54, 1.807) is 0 Å². The van der Waals surface area contributed by atoms with E-state index in [1.807, 2.05) is 0 Å². The predicted octanol–water partition coefficient (Wildman–Crippen LogP) is -7.24. The molecule has 0 aliphatic heterocycles. The summed E-state index contributed by atoms with van der Waals surface area (Å²) >= 11 is 0. The molecule has 0 aromatic rings. The van der Waals surface area contributed by atoms with Gasteiger partial charge in [-0.3, -0.25) is 9.59 Å². The molecule has 0 heterocycles. The van der Waals surface area contributed by atoms with Gasteiger partial charge in [-0.1, -0.05) is 0 Å². The van der Waals surface area contributed by atoms with Crippen LogP contribution in [0.5, 0.6) is 0 Å². The maximum atomic E-state index is 10.3. The molecule has 10 heteroatoms. The van der Waals surface area contributed by atoms with E-state index in [9.17, 15) is 14.4 Å². The zero-order chi connectivity index (χ0) is 10.6. The van der Waals surface area contributed by atoms with E-state index in [0.29, 0.717) is 0 Å². The summed E-state index contributed by atoms with van der Waals surface area (Å²) in [5.41, 5.74) is -2.74. The van der Waals surface area contributed by atoms with Crippen LogP contribution in [0, 0.1) is 0 Å². The normalized spacial score (nSPS) is 8.81. The van der Waals surface area contributed by atoms with Gasteiger partial charge in [-0.15, -0.1) is 0 Å². The molecule has 0 amide bonds. The number of carbonyl (C=O) groups is 3. The summed E-state index contributed by atoms with van der Waals surface area (Å²) in [5, 5.41) is 33.8. The molecule has 0 saturated heterocycles. The van der Waals surface area contributed by atoms with Crippen LogP contribution in [0.1, 0.15) is 12.8 Å². The molecule has 90 valence electrons. The van der Waals surface area contributed by atoms with Crippen molar-refractivity contribution in [3.8, 4) is 0 Å². The molecule has 0 aliphatic carbocycles. The van der Waals surface area contributed by atoms with Gasteiger partial charge < -0.3 is 45.2 Å². The third-order valence-corrected chi connectivity index (χ3v) is 1.29. The number of hydrogen-bond acceptors (Lipinski definition) is 4. The molecule has 0 rings (SSSR count). The molecule has 0 fully saturated rings. The maximum Gasteiger partial charge on any atom is 2.00 e. The molecule has 0 aromatic heterocycles. The van der Waals surface area contributed by atoms with Gasteiger partial charge in [-0.25, -0.2) is 4.79 Å². The van der Waals surface area contributed by atoms with Gasteiger partial charge in [0, 0.05) is 0 Å². The summed E-state index contributed by atoms with van der Waals surface area (Å²) in [4.78, 5) is 30.5. The summed E-state index contributed by atoms with van der Waals surface area (Å²) in [6.07, 6.45) is -2.29. The third-order valence-electron chi connectivity index (χ3n) is 1.29. The molecule has 0 spiro atoms. The second-order valence-corrected chi connectivity index (χ2v) is 2.48. The minimum Gasteiger partial charge on any atom is -1.00 e. The van der Waals surface area contributed by atoms with E-state index in [-0.39, 0.29) is 44.3 Å². The molecule has 16 heavy (non-hydrogen) atoms. The molecular formula is C6H8Cl2O7Zn. The molecule has 0 radical (unpaired) electrons. The number of rotatable bonds is 5. The van der Waals surface area contributed by atoms with E-state index in [2.05, 4.69) is 0 Å². The summed E-state index contributed by atoms with van der Waals surface area (Å²) in [5.74, 6) is -5.02. The Balaban J connectivity index is -0.000000240. The van der Waals surface area contributed by atoms with Crippen molar-refractivity contribution in [2.75, 3.05) is 0 Å². The number of aliphatic carboxylic acids is 3. The average molecular weight is 328 g/mol. The van der Waals surface area contributed by atoms with Gasteiger partial charge in [-0.2, -0.15) is 0 Å². The van der Waals surface area contributed by atoms with E-state index in [0.717, 1.165) is 0 Å². The molecule has 0 bridgehead atoms. The molecule has 0 aliphatic rings. The van der Waals surface area contributed by atoms with Crippen molar-refractivity contribution in [3.63, 3.8) is 0 Å². The number of carboxylic acids is 3. The second-order valence-electron chi connectivity index (χ2n) is 2.48. The number of carboxylic acid groups (broad SMARTS) is 3. The van der Waals surface area contributed by atoms with Crippen LogP contribution in [-0.2, 0) is 33.9 Å². The van der Waals surface area contributed by atoms with Crippen LogP contribution in [0.3, 0.4) is 0 Å². The van der Waals surface area contributed by atoms with Gasteiger partial charge in [0.25, 0.3) is 0 Å². The Morgan fingerprint density at radius 2 is 1.12 bits per heavy atom. The first-order valence-electron chi connectivity index (χ1n) is 3.17. The van der Waals surface area contributed by atoms with Gasteiger partial charge in [0.1, 0.15) is 0 Å². The van der Waals surface area contributed by atoms with Crippen molar-refractivity contribution in [1.29, 1.82) is 0 Å². The first-order valence-corrected chi connectivity index (χ1v) is 3.17. The van der Waals surface area contributed by atoms with E-state index in [4.69, 9.17) is 20.4 Å². The third kappa shape index (κ3) is 8.85. The molecule has 0 atom stereocenters. The smallest absolute Gasteiger partial charge is 1.00 e. The fourth-order valence-electron chi connectivity index (χ4n) is 0.714. The van der Waals surface area contributed by atoms with Crippen molar-refractivity contribution < 1.29 is 79.1 Å². The molecule has 4 N–H and O–H groups in total. The Kier molecular flexibility index (Phi) is 15.1. The quantitative estimate of drug-likeness (QED) is 0.369. The Bertz CT molecular complexity index is 241. The number of halogens is 2. The predicted molar refractivity (Wildman–Crippen MR) is 37.1 cm³/mol. The number of aliphatic hydroxyl groups is 1. The fraction of sp³-hybridized carbons (Fsp3) is 0.500. The van der Waals surface area contributed by atoms with Crippen LogP contribution in [0.2, 0.25) is 0 Å². The summed E-state index contributed by atoms with van der Waals surface area (Å²) in [7, 11) is 0. The van der Waals surface area contributed by atoms with E-state index < -0.39 is 36.4 Å². The minimum atomic E-state index is -2.74. The second kappa shape index (κ2) is 9.77. The fourth-order valence-corrected chi connectivity index (χ4v) is 0.714. The van der Waals surface area contributed by atoms with Crippen molar-refractivity contribution >= 4 is 17.9 Å². The maximum absolute atomic E-state index is 10.3. The summed E-state index contributed by atoms with van der Waals surface area (Å²) in [6.45, 7) is 0. The molecule has 0 unspecified atom stereocenters.